The molecule has 0 radical (unpaired) electrons. The molecule has 6 aromatic carbocycles. The van der Waals surface area contributed by atoms with Gasteiger partial charge in [-0.05, 0) is 33.4 Å². The van der Waals surface area contributed by atoms with Crippen LogP contribution in [-0.4, -0.2) is 79.9 Å². The Kier molecular flexibility index (Phi) is 18.7. The van der Waals surface area contributed by atoms with E-state index in [4.69, 9.17) is 59.0 Å². The molecule has 2 aliphatic rings. The van der Waals surface area contributed by atoms with Gasteiger partial charge in [-0.3, -0.25) is 4.79 Å². The lowest BCUT2D eigenvalue weighted by Gasteiger charge is -2.47. The predicted molar refractivity (Wildman–Crippen MR) is 256 cm³/mol. The second-order valence-electron chi connectivity index (χ2n) is 16.8. The van der Waals surface area contributed by atoms with E-state index in [0.29, 0.717) is 0 Å². The Hall–Kier alpha value is -5.28. The molecule has 68 heavy (non-hydrogen) atoms. The van der Waals surface area contributed by atoms with Crippen LogP contribution in [0.15, 0.2) is 182 Å². The Labute approximate surface area is 404 Å². The van der Waals surface area contributed by atoms with Crippen molar-refractivity contribution in [3.63, 3.8) is 0 Å². The van der Waals surface area contributed by atoms with Gasteiger partial charge in [0.15, 0.2) is 11.9 Å². The Morgan fingerprint density at radius 2 is 0.676 bits per heavy atom. The topological polar surface area (TPSA) is 109 Å². The molecular weight excluding hydrogens is 884 g/mol. The monoisotopic (exact) mass is 942 g/mol. The van der Waals surface area contributed by atoms with Crippen molar-refractivity contribution in [2.45, 2.75) is 107 Å². The standard InChI is InChI=1S/C56H59ClO11/c1-40(58)59-38-48-50(61-33-42-22-10-3-11-23-42)52(63-35-44-26-14-5-15-27-44)54(65-37-46-30-18-7-19-31-46)56(68-48)66-39-47-49(60-32-41-20-8-2-9-21-41)51(62-34-43-24-12-4-13-25-43)53(55(57)67-47)64-36-45-28-16-6-17-29-45/h2-31,47-56H,32-39H2,1H3/t47-,48-,49-,50-,51+,52+,53-,54-,55+,56+/m1/s1. The Bertz CT molecular complexity index is 2330. The predicted octanol–water partition coefficient (Wildman–Crippen LogP) is 9.77. The summed E-state index contributed by atoms with van der Waals surface area (Å²) in [5, 5.41) is 0. The Morgan fingerprint density at radius 1 is 0.382 bits per heavy atom. The minimum atomic E-state index is -1.08. The van der Waals surface area contributed by atoms with Gasteiger partial charge in [0.2, 0.25) is 0 Å². The first-order valence-corrected chi connectivity index (χ1v) is 23.5. The van der Waals surface area contributed by atoms with E-state index in [2.05, 4.69) is 0 Å². The van der Waals surface area contributed by atoms with Crippen molar-refractivity contribution in [3.05, 3.63) is 215 Å². The van der Waals surface area contributed by atoms with Crippen LogP contribution in [0.1, 0.15) is 40.3 Å². The second-order valence-corrected chi connectivity index (χ2v) is 17.2. The SMILES string of the molecule is CC(=O)OC[C@H]1O[C@H](OC[C@H]2O[C@H](Cl)[C@H](OCc3ccccc3)[C@@H](OCc3ccccc3)[C@@H]2OCc2ccccc2)[C@H](OCc2ccccc2)[C@@H](OCc2ccccc2)[C@@H]1OCc1ccccc1. The highest BCUT2D eigenvalue weighted by molar-refractivity contribution is 6.20. The van der Waals surface area contributed by atoms with Gasteiger partial charge in [-0.2, -0.15) is 0 Å². The minimum absolute atomic E-state index is 0.0730. The van der Waals surface area contributed by atoms with Crippen LogP contribution in [0.2, 0.25) is 0 Å². The van der Waals surface area contributed by atoms with Gasteiger partial charge in [0.25, 0.3) is 0 Å². The molecule has 2 saturated heterocycles. The molecule has 0 amide bonds. The van der Waals surface area contributed by atoms with E-state index in [0.717, 1.165) is 33.4 Å². The summed E-state index contributed by atoms with van der Waals surface area (Å²) in [6, 6.07) is 59.3. The van der Waals surface area contributed by atoms with Crippen molar-refractivity contribution in [3.8, 4) is 0 Å². The summed E-state index contributed by atoms with van der Waals surface area (Å²) in [6.45, 7) is 2.62. The van der Waals surface area contributed by atoms with Gasteiger partial charge in [0.1, 0.15) is 55.4 Å². The summed E-state index contributed by atoms with van der Waals surface area (Å²) in [5.74, 6) is -0.468. The maximum atomic E-state index is 12.4. The van der Waals surface area contributed by atoms with Crippen LogP contribution in [0.3, 0.4) is 0 Å². The van der Waals surface area contributed by atoms with E-state index >= 15 is 0 Å². The largest absolute Gasteiger partial charge is 0.463 e. The number of hydrogen-bond acceptors (Lipinski definition) is 11. The van der Waals surface area contributed by atoms with Crippen LogP contribution in [0.25, 0.3) is 0 Å². The van der Waals surface area contributed by atoms with E-state index in [1.165, 1.54) is 6.92 Å². The average molecular weight is 944 g/mol. The van der Waals surface area contributed by atoms with Gasteiger partial charge < -0.3 is 47.4 Å². The first kappa shape index (κ1) is 49.2. The average Bonchev–Trinajstić information content (AvgIpc) is 3.38. The fourth-order valence-corrected chi connectivity index (χ4v) is 8.62. The van der Waals surface area contributed by atoms with Crippen LogP contribution in [-0.2, 0) is 91.8 Å². The third-order valence-electron chi connectivity index (χ3n) is 11.8. The van der Waals surface area contributed by atoms with Crippen LogP contribution in [0.4, 0.5) is 0 Å². The fraction of sp³-hybridized carbons (Fsp3) is 0.339. The number of alkyl halides is 1. The molecule has 2 aliphatic heterocycles. The summed E-state index contributed by atoms with van der Waals surface area (Å²) < 4.78 is 66.6. The molecule has 10 atom stereocenters. The highest BCUT2D eigenvalue weighted by Crippen LogP contribution is 2.35. The van der Waals surface area contributed by atoms with Crippen molar-refractivity contribution in [1.82, 2.24) is 0 Å². The number of carbonyl (C=O) groups is 1. The lowest BCUT2D eigenvalue weighted by Crippen LogP contribution is -2.63. The maximum absolute atomic E-state index is 12.4. The number of benzene rings is 6. The molecule has 0 spiro atoms. The molecule has 2 heterocycles. The van der Waals surface area contributed by atoms with Crippen molar-refractivity contribution in [2.75, 3.05) is 13.2 Å². The molecule has 8 rings (SSSR count). The summed E-state index contributed by atoms with van der Waals surface area (Å²) in [4.78, 5) is 12.4. The van der Waals surface area contributed by atoms with Crippen molar-refractivity contribution in [1.29, 1.82) is 0 Å². The maximum Gasteiger partial charge on any atom is 0.302 e. The molecule has 12 heteroatoms. The highest BCUT2D eigenvalue weighted by Gasteiger charge is 2.52. The molecule has 0 bridgehead atoms. The molecule has 356 valence electrons. The molecule has 0 aromatic heterocycles. The molecule has 6 aromatic rings. The zero-order chi connectivity index (χ0) is 46.8. The summed E-state index contributed by atoms with van der Waals surface area (Å²) in [5.41, 5.74) is 4.77. The molecule has 0 unspecified atom stereocenters. The minimum Gasteiger partial charge on any atom is -0.463 e. The van der Waals surface area contributed by atoms with Gasteiger partial charge in [-0.25, -0.2) is 0 Å². The smallest absolute Gasteiger partial charge is 0.302 e. The zero-order valence-corrected chi connectivity index (χ0v) is 38.9. The lowest BCUT2D eigenvalue weighted by molar-refractivity contribution is -0.336. The normalized spacial score (nSPS) is 24.9. The third kappa shape index (κ3) is 14.4. The molecule has 0 N–H and O–H groups in total. The number of ether oxygens (including phenoxy) is 10. The van der Waals surface area contributed by atoms with E-state index in [1.54, 1.807) is 0 Å². The van der Waals surface area contributed by atoms with Crippen LogP contribution in [0.5, 0.6) is 0 Å². The lowest BCUT2D eigenvalue weighted by atomic mass is 9.97. The fourth-order valence-electron chi connectivity index (χ4n) is 8.27. The van der Waals surface area contributed by atoms with E-state index in [9.17, 15) is 4.79 Å². The summed E-state index contributed by atoms with van der Waals surface area (Å²) >= 11 is 7.21. The first-order chi connectivity index (χ1) is 33.5. The number of halogens is 1. The Balaban J connectivity index is 1.11. The van der Waals surface area contributed by atoms with E-state index < -0.39 is 66.7 Å². The van der Waals surface area contributed by atoms with Gasteiger partial charge in [0, 0.05) is 6.92 Å². The van der Waals surface area contributed by atoms with Gasteiger partial charge in [0.05, 0.1) is 46.2 Å². The number of hydrogen-bond donors (Lipinski definition) is 0. The van der Waals surface area contributed by atoms with Crippen LogP contribution >= 0.6 is 11.6 Å². The third-order valence-corrected chi connectivity index (χ3v) is 12.1. The van der Waals surface area contributed by atoms with Crippen LogP contribution in [0, 0.1) is 0 Å². The number of rotatable bonds is 23. The first-order valence-electron chi connectivity index (χ1n) is 23.1. The molecular formula is C56H59ClO11. The second kappa shape index (κ2) is 25.9. The molecule has 11 nitrogen and oxygen atoms in total. The number of esters is 1. The summed E-state index contributed by atoms with van der Waals surface area (Å²) in [6.07, 6.45) is -7.31. The van der Waals surface area contributed by atoms with Gasteiger partial charge in [-0.15, -0.1) is 0 Å². The van der Waals surface area contributed by atoms with Crippen molar-refractivity contribution >= 4 is 17.6 Å². The molecule has 0 aliphatic carbocycles. The number of carbonyl (C=O) groups excluding carboxylic acids is 1. The zero-order valence-electron chi connectivity index (χ0n) is 38.1. The Morgan fingerprint density at radius 3 is 1.03 bits per heavy atom. The van der Waals surface area contributed by atoms with Crippen molar-refractivity contribution < 1.29 is 52.2 Å². The summed E-state index contributed by atoms with van der Waals surface area (Å²) in [7, 11) is 0. The van der Waals surface area contributed by atoms with Gasteiger partial charge in [-0.1, -0.05) is 194 Å². The highest BCUT2D eigenvalue weighted by atomic mass is 35.5. The molecule has 0 saturated carbocycles. The van der Waals surface area contributed by atoms with Crippen molar-refractivity contribution in [2.24, 2.45) is 0 Å². The van der Waals surface area contributed by atoms with E-state index in [-0.39, 0.29) is 52.9 Å². The molecule has 2 fully saturated rings. The quantitative estimate of drug-likeness (QED) is 0.0453. The van der Waals surface area contributed by atoms with Gasteiger partial charge >= 0.3 is 5.97 Å². The van der Waals surface area contributed by atoms with Crippen LogP contribution < -0.4 is 0 Å². The van der Waals surface area contributed by atoms with E-state index in [1.807, 2.05) is 182 Å².